The highest BCUT2D eigenvalue weighted by molar-refractivity contribution is 6.23. The molecule has 0 amide bonds. The summed E-state index contributed by atoms with van der Waals surface area (Å²) in [6, 6.07) is 50.8. The molecule has 0 fully saturated rings. The quantitative estimate of drug-likeness (QED) is 0.231. The van der Waals surface area contributed by atoms with Crippen LogP contribution < -0.4 is 5.32 Å². The predicted molar refractivity (Wildman–Crippen MR) is 175 cm³/mol. The first-order valence-electron chi connectivity index (χ1n) is 13.9. The second kappa shape index (κ2) is 11.2. The molecule has 0 bridgehead atoms. The van der Waals surface area contributed by atoms with E-state index in [0.717, 1.165) is 0 Å². The lowest BCUT2D eigenvalue weighted by atomic mass is 9.84. The monoisotopic (exact) mass is 515 g/mol. The van der Waals surface area contributed by atoms with Crippen LogP contribution in [0.2, 0.25) is 0 Å². The third-order valence-corrected chi connectivity index (χ3v) is 7.62. The Labute approximate surface area is 236 Å². The van der Waals surface area contributed by atoms with Crippen LogP contribution in [0.15, 0.2) is 140 Å². The molecule has 0 unspecified atom stereocenters. The zero-order chi connectivity index (χ0) is 27.5. The molecule has 1 N–H and O–H groups in total. The summed E-state index contributed by atoms with van der Waals surface area (Å²) in [7, 11) is 3.75. The van der Waals surface area contributed by atoms with Crippen LogP contribution in [-0.4, -0.2) is 14.1 Å². The first-order chi connectivity index (χ1) is 19.7. The number of fused-ring (bicyclic) bond motifs is 3. The highest BCUT2D eigenvalue weighted by atomic mass is 14.7. The highest BCUT2D eigenvalue weighted by Gasteiger charge is 2.18. The summed E-state index contributed by atoms with van der Waals surface area (Å²) >= 11 is 0. The lowest BCUT2D eigenvalue weighted by Crippen LogP contribution is -1.92. The molecule has 7 aromatic carbocycles. The fourth-order valence-corrected chi connectivity index (χ4v) is 5.86. The van der Waals surface area contributed by atoms with Gasteiger partial charge in [0.15, 0.2) is 0 Å². The van der Waals surface area contributed by atoms with Crippen LogP contribution in [0.5, 0.6) is 0 Å². The second-order valence-electron chi connectivity index (χ2n) is 10.3. The fraction of sp³-hybridized carbons (Fsp3) is 0.0769. The van der Waals surface area contributed by atoms with Crippen molar-refractivity contribution in [2.75, 3.05) is 14.1 Å². The average molecular weight is 516 g/mol. The zero-order valence-corrected chi connectivity index (χ0v) is 23.3. The normalized spacial score (nSPS) is 11.0. The van der Waals surface area contributed by atoms with Crippen molar-refractivity contribution < 1.29 is 0 Å². The molecule has 40 heavy (non-hydrogen) atoms. The summed E-state index contributed by atoms with van der Waals surface area (Å²) in [6.45, 7) is 2.20. The van der Waals surface area contributed by atoms with Gasteiger partial charge in [0, 0.05) is 0 Å². The third-order valence-electron chi connectivity index (χ3n) is 7.62. The largest absolute Gasteiger partial charge is 0.323 e. The van der Waals surface area contributed by atoms with E-state index in [1.54, 1.807) is 0 Å². The van der Waals surface area contributed by atoms with Crippen LogP contribution >= 0.6 is 0 Å². The summed E-state index contributed by atoms with van der Waals surface area (Å²) in [4.78, 5) is 0. The molecule has 0 aliphatic heterocycles. The van der Waals surface area contributed by atoms with E-state index in [4.69, 9.17) is 0 Å². The summed E-state index contributed by atoms with van der Waals surface area (Å²) in [5.74, 6) is 0. The minimum atomic E-state index is 1.24. The van der Waals surface area contributed by atoms with E-state index in [-0.39, 0.29) is 0 Å². The lowest BCUT2D eigenvalue weighted by molar-refractivity contribution is 1.02. The predicted octanol–water partition coefficient (Wildman–Crippen LogP) is 10.3. The highest BCUT2D eigenvalue weighted by Crippen LogP contribution is 2.45. The zero-order valence-electron chi connectivity index (χ0n) is 23.3. The van der Waals surface area contributed by atoms with E-state index >= 15 is 0 Å². The molecule has 1 nitrogen and oxygen atoms in total. The molecule has 0 saturated carbocycles. The van der Waals surface area contributed by atoms with E-state index < -0.39 is 0 Å². The van der Waals surface area contributed by atoms with E-state index in [0.29, 0.717) is 0 Å². The van der Waals surface area contributed by atoms with Gasteiger partial charge in [0.1, 0.15) is 0 Å². The van der Waals surface area contributed by atoms with Crippen LogP contribution in [0.1, 0.15) is 5.56 Å². The number of aryl methyl sites for hydroxylation is 1. The molecule has 0 heterocycles. The van der Waals surface area contributed by atoms with Crippen molar-refractivity contribution in [2.45, 2.75) is 6.92 Å². The number of benzene rings is 7. The van der Waals surface area contributed by atoms with Gasteiger partial charge in [-0.3, -0.25) is 0 Å². The molecule has 0 radical (unpaired) electrons. The number of rotatable bonds is 3. The maximum atomic E-state index is 2.75. The molecule has 0 saturated heterocycles. The number of nitrogens with one attached hydrogen (secondary N) is 1. The fourth-order valence-electron chi connectivity index (χ4n) is 5.86. The first-order valence-corrected chi connectivity index (χ1v) is 13.9. The summed E-state index contributed by atoms with van der Waals surface area (Å²) < 4.78 is 0. The van der Waals surface area contributed by atoms with E-state index in [2.05, 4.69) is 152 Å². The minimum absolute atomic E-state index is 1.24. The molecule has 0 atom stereocenters. The van der Waals surface area contributed by atoms with Crippen molar-refractivity contribution in [1.82, 2.24) is 5.32 Å². The van der Waals surface area contributed by atoms with Gasteiger partial charge in [-0.1, -0.05) is 140 Å². The smallest absolute Gasteiger partial charge is 0.00201 e. The van der Waals surface area contributed by atoms with Gasteiger partial charge in [0.25, 0.3) is 0 Å². The molecule has 1 heteroatoms. The first kappa shape index (κ1) is 25.6. The van der Waals surface area contributed by atoms with Crippen molar-refractivity contribution in [3.05, 3.63) is 145 Å². The van der Waals surface area contributed by atoms with Gasteiger partial charge in [-0.25, -0.2) is 0 Å². The van der Waals surface area contributed by atoms with Gasteiger partial charge < -0.3 is 5.32 Å². The van der Waals surface area contributed by atoms with Gasteiger partial charge >= 0.3 is 0 Å². The molecular formula is C39H33N. The lowest BCUT2D eigenvalue weighted by Gasteiger charge is -2.19. The molecule has 7 aromatic rings. The van der Waals surface area contributed by atoms with Gasteiger partial charge in [0.05, 0.1) is 0 Å². The van der Waals surface area contributed by atoms with Crippen LogP contribution in [0.25, 0.3) is 65.7 Å². The minimum Gasteiger partial charge on any atom is -0.323 e. The second-order valence-corrected chi connectivity index (χ2v) is 10.3. The number of hydrogen-bond donors (Lipinski definition) is 1. The van der Waals surface area contributed by atoms with Crippen LogP contribution in [0.4, 0.5) is 0 Å². The SMILES string of the molecule is CNC.Cc1ccc(-c2c3ccccc3c(-c3ccc(-c4ccccc4)cc3)c3ccccc23)c2ccccc12. The molecule has 0 aliphatic carbocycles. The molecule has 0 aromatic heterocycles. The standard InChI is InChI=1S/C37H26.C2H7N/c1-25-19-24-35(30-14-6-5-13-29(25)30)37-33-17-9-7-15-31(33)36(32-16-8-10-18-34(32)37)28-22-20-27(21-23-28)26-11-3-2-4-12-26;1-3-2/h2-24H,1H3;3H,1-2H3. The summed E-state index contributed by atoms with van der Waals surface area (Å²) in [5, 5.41) is 10.5. The maximum Gasteiger partial charge on any atom is -0.00201 e. The van der Waals surface area contributed by atoms with Crippen LogP contribution in [0, 0.1) is 6.92 Å². The number of hydrogen-bond acceptors (Lipinski definition) is 1. The van der Waals surface area contributed by atoms with Crippen molar-refractivity contribution in [3.63, 3.8) is 0 Å². The molecule has 194 valence electrons. The van der Waals surface area contributed by atoms with E-state index in [1.165, 1.54) is 71.3 Å². The van der Waals surface area contributed by atoms with Gasteiger partial charge in [-0.2, -0.15) is 0 Å². The molecular weight excluding hydrogens is 482 g/mol. The maximum absolute atomic E-state index is 2.75. The van der Waals surface area contributed by atoms with Crippen molar-refractivity contribution in [1.29, 1.82) is 0 Å². The van der Waals surface area contributed by atoms with Crippen molar-refractivity contribution >= 4 is 32.3 Å². The Morgan fingerprint density at radius 2 is 0.750 bits per heavy atom. The van der Waals surface area contributed by atoms with Gasteiger partial charge in [-0.15, -0.1) is 0 Å². The van der Waals surface area contributed by atoms with Crippen LogP contribution in [-0.2, 0) is 0 Å². The Hall–Kier alpha value is -4.72. The van der Waals surface area contributed by atoms with Gasteiger partial charge in [-0.05, 0) is 92.3 Å². The molecule has 0 spiro atoms. The van der Waals surface area contributed by atoms with Crippen molar-refractivity contribution in [2.24, 2.45) is 0 Å². The van der Waals surface area contributed by atoms with E-state index in [1.807, 2.05) is 14.1 Å². The van der Waals surface area contributed by atoms with E-state index in [9.17, 15) is 0 Å². The topological polar surface area (TPSA) is 12.0 Å². The summed E-state index contributed by atoms with van der Waals surface area (Å²) in [5.41, 5.74) is 8.93. The Kier molecular flexibility index (Phi) is 7.14. The Balaban J connectivity index is 0.000000925. The van der Waals surface area contributed by atoms with Crippen LogP contribution in [0.3, 0.4) is 0 Å². The Morgan fingerprint density at radius 3 is 1.30 bits per heavy atom. The summed E-state index contributed by atoms with van der Waals surface area (Å²) in [6.07, 6.45) is 0. The average Bonchev–Trinajstić information content (AvgIpc) is 3.01. The third kappa shape index (κ3) is 4.55. The Bertz CT molecular complexity index is 1880. The Morgan fingerprint density at radius 1 is 0.350 bits per heavy atom. The van der Waals surface area contributed by atoms with Gasteiger partial charge in [0.2, 0.25) is 0 Å². The van der Waals surface area contributed by atoms with Crippen molar-refractivity contribution in [3.8, 4) is 33.4 Å². The molecule has 7 rings (SSSR count). The molecule has 0 aliphatic rings.